The van der Waals surface area contributed by atoms with Gasteiger partial charge in [0.25, 0.3) is 11.8 Å². The van der Waals surface area contributed by atoms with E-state index in [2.05, 4.69) is 15.1 Å². The lowest BCUT2D eigenvalue weighted by Gasteiger charge is -2.40. The van der Waals surface area contributed by atoms with Crippen LogP contribution in [0.15, 0.2) is 72.8 Å². The summed E-state index contributed by atoms with van der Waals surface area (Å²) in [6, 6.07) is 19.9. The number of carbonyl (C=O) groups is 4. The molecule has 3 fully saturated rings. The molecule has 0 spiro atoms. The monoisotopic (exact) mass is 805 g/mol. The summed E-state index contributed by atoms with van der Waals surface area (Å²) in [7, 11) is 1.63. The predicted molar refractivity (Wildman–Crippen MR) is 214 cm³/mol. The van der Waals surface area contributed by atoms with Crippen molar-refractivity contribution in [3.63, 3.8) is 0 Å². The SMILES string of the molecule is COc1cccc(C2COc3cc(O)ccc3[C@H]2c2ccc(N3CCC(CN4CCN(c5cc6c(cc5F)C(=O)N(C5CCC(=O)NC5=O)C6=O)CC4)CC3)c(F)c2)c1. The number of nitrogens with zero attached hydrogens (tertiary/aromatic N) is 4. The van der Waals surface area contributed by atoms with E-state index in [0.29, 0.717) is 50.1 Å². The van der Waals surface area contributed by atoms with Crippen LogP contribution in [0.5, 0.6) is 17.2 Å². The van der Waals surface area contributed by atoms with E-state index in [1.54, 1.807) is 25.3 Å². The van der Waals surface area contributed by atoms with E-state index in [1.807, 2.05) is 47.4 Å². The highest BCUT2D eigenvalue weighted by atomic mass is 19.1. The lowest BCUT2D eigenvalue weighted by atomic mass is 9.75. The van der Waals surface area contributed by atoms with Crippen molar-refractivity contribution in [1.29, 1.82) is 0 Å². The van der Waals surface area contributed by atoms with Gasteiger partial charge in [-0.2, -0.15) is 0 Å². The van der Waals surface area contributed by atoms with Crippen LogP contribution >= 0.6 is 0 Å². The van der Waals surface area contributed by atoms with Crippen LogP contribution in [0, 0.1) is 17.6 Å². The number of rotatable bonds is 8. The van der Waals surface area contributed by atoms with Crippen LogP contribution in [0.25, 0.3) is 0 Å². The molecule has 5 heterocycles. The van der Waals surface area contributed by atoms with Crippen LogP contribution in [-0.4, -0.2) is 104 Å². The summed E-state index contributed by atoms with van der Waals surface area (Å²) in [5.74, 6) is -1.91. The number of methoxy groups -OCH3 is 1. The van der Waals surface area contributed by atoms with E-state index < -0.39 is 35.5 Å². The Hall–Kier alpha value is -6.02. The van der Waals surface area contributed by atoms with E-state index in [4.69, 9.17) is 9.47 Å². The number of fused-ring (bicyclic) bond motifs is 2. The molecule has 0 aromatic heterocycles. The van der Waals surface area contributed by atoms with Crippen molar-refractivity contribution in [3.8, 4) is 17.2 Å². The average Bonchev–Trinajstić information content (AvgIpc) is 3.47. The summed E-state index contributed by atoms with van der Waals surface area (Å²) < 4.78 is 43.3. The molecule has 14 heteroatoms. The molecule has 4 aromatic carbocycles. The molecule has 2 unspecified atom stereocenters. The highest BCUT2D eigenvalue weighted by Crippen LogP contribution is 2.48. The highest BCUT2D eigenvalue weighted by molar-refractivity contribution is 6.23. The van der Waals surface area contributed by atoms with Gasteiger partial charge in [-0.15, -0.1) is 0 Å². The van der Waals surface area contributed by atoms with Gasteiger partial charge in [0.05, 0.1) is 36.2 Å². The number of anilines is 2. The number of nitrogens with one attached hydrogen (secondary N) is 1. The Morgan fingerprint density at radius 3 is 2.24 bits per heavy atom. The second kappa shape index (κ2) is 15.6. The third-order valence-electron chi connectivity index (χ3n) is 12.7. The van der Waals surface area contributed by atoms with Gasteiger partial charge >= 0.3 is 0 Å². The molecule has 306 valence electrons. The molecule has 3 atom stereocenters. The molecule has 12 nitrogen and oxygen atoms in total. The van der Waals surface area contributed by atoms with E-state index in [1.165, 1.54) is 6.07 Å². The number of piperidine rings is 2. The molecule has 5 aliphatic heterocycles. The topological polar surface area (TPSA) is 132 Å². The number of imide groups is 2. The molecule has 4 aromatic rings. The molecule has 4 amide bonds. The van der Waals surface area contributed by atoms with E-state index in [0.717, 1.165) is 65.9 Å². The number of phenols is 1. The fourth-order valence-corrected chi connectivity index (χ4v) is 9.56. The Morgan fingerprint density at radius 2 is 1.51 bits per heavy atom. The summed E-state index contributed by atoms with van der Waals surface area (Å²) in [5, 5.41) is 12.3. The average molecular weight is 806 g/mol. The van der Waals surface area contributed by atoms with Crippen molar-refractivity contribution >= 4 is 35.0 Å². The van der Waals surface area contributed by atoms with Gasteiger partial charge in [-0.1, -0.05) is 24.3 Å². The van der Waals surface area contributed by atoms with Gasteiger partial charge in [-0.25, -0.2) is 8.78 Å². The number of halogens is 2. The lowest BCUT2D eigenvalue weighted by Crippen LogP contribution is -2.54. The normalized spacial score (nSPS) is 22.6. The minimum absolute atomic E-state index is 0.00796. The minimum Gasteiger partial charge on any atom is -0.508 e. The number of hydrogen-bond donors (Lipinski definition) is 2. The summed E-state index contributed by atoms with van der Waals surface area (Å²) in [6.07, 6.45) is 1.84. The summed E-state index contributed by atoms with van der Waals surface area (Å²) >= 11 is 0. The highest BCUT2D eigenvalue weighted by Gasteiger charge is 2.45. The number of phenolic OH excluding ortho intramolecular Hbond substituents is 1. The van der Waals surface area contributed by atoms with Gasteiger partial charge in [-0.3, -0.25) is 34.3 Å². The fraction of sp³-hybridized carbons (Fsp3) is 0.378. The molecule has 0 radical (unpaired) electrons. The van der Waals surface area contributed by atoms with Crippen molar-refractivity contribution in [2.24, 2.45) is 5.92 Å². The number of amides is 4. The zero-order valence-corrected chi connectivity index (χ0v) is 32.7. The largest absolute Gasteiger partial charge is 0.508 e. The first-order chi connectivity index (χ1) is 28.6. The van der Waals surface area contributed by atoms with Crippen molar-refractivity contribution in [1.82, 2.24) is 15.1 Å². The smallest absolute Gasteiger partial charge is 0.262 e. The van der Waals surface area contributed by atoms with Crippen LogP contribution in [0.2, 0.25) is 0 Å². The second-order valence-electron chi connectivity index (χ2n) is 16.1. The van der Waals surface area contributed by atoms with Crippen LogP contribution in [-0.2, 0) is 9.59 Å². The first-order valence-electron chi connectivity index (χ1n) is 20.2. The maximum atomic E-state index is 16.2. The van der Waals surface area contributed by atoms with Gasteiger partial charge in [0.15, 0.2) is 0 Å². The van der Waals surface area contributed by atoms with Crippen LogP contribution in [0.3, 0.4) is 0 Å². The van der Waals surface area contributed by atoms with Gasteiger partial charge in [0, 0.05) is 75.7 Å². The molecule has 0 aliphatic carbocycles. The number of aromatic hydroxyl groups is 1. The maximum Gasteiger partial charge on any atom is 0.262 e. The molecular formula is C45H45F2N5O7. The summed E-state index contributed by atoms with van der Waals surface area (Å²) in [4.78, 5) is 57.8. The Balaban J connectivity index is 0.818. The van der Waals surface area contributed by atoms with Crippen LogP contribution in [0.1, 0.15) is 74.9 Å². The van der Waals surface area contributed by atoms with Crippen LogP contribution < -0.4 is 24.6 Å². The fourth-order valence-electron chi connectivity index (χ4n) is 9.56. The number of benzene rings is 4. The molecule has 0 saturated carbocycles. The number of piperazine rings is 1. The third kappa shape index (κ3) is 7.23. The molecule has 0 bridgehead atoms. The lowest BCUT2D eigenvalue weighted by molar-refractivity contribution is -0.136. The van der Waals surface area contributed by atoms with Crippen LogP contribution in [0.4, 0.5) is 20.2 Å². The van der Waals surface area contributed by atoms with E-state index >= 15 is 8.78 Å². The molecule has 59 heavy (non-hydrogen) atoms. The number of carbonyl (C=O) groups excluding carboxylic acids is 4. The van der Waals surface area contributed by atoms with E-state index in [9.17, 15) is 24.3 Å². The third-order valence-corrected chi connectivity index (χ3v) is 12.7. The quantitative estimate of drug-likeness (QED) is 0.223. The summed E-state index contributed by atoms with van der Waals surface area (Å²) in [6.45, 7) is 5.10. The van der Waals surface area contributed by atoms with Crippen molar-refractivity contribution in [2.45, 2.75) is 43.6 Å². The number of hydrogen-bond acceptors (Lipinski definition) is 10. The van der Waals surface area contributed by atoms with Gasteiger partial charge < -0.3 is 24.4 Å². The standard InChI is InChI=1S/C45H45F2N5O7/c1-58-30-4-2-3-27(19-30)34-25-59-40-21-29(53)6-7-31(40)42(34)28-5-8-37(35(46)20-28)50-13-11-26(12-14-50)24-49-15-17-51(18-16-49)39-23-33-32(22-36(39)47)44(56)52(45(33)57)38-9-10-41(54)48-43(38)55/h2-8,19-23,26,34,38,42,53H,9-18,24-25H2,1H3,(H,48,54,55)/t34?,38?,42-/m1/s1. The van der Waals surface area contributed by atoms with Crippen molar-refractivity contribution in [3.05, 3.63) is 112 Å². The maximum absolute atomic E-state index is 16.2. The predicted octanol–water partition coefficient (Wildman–Crippen LogP) is 5.43. The first kappa shape index (κ1) is 38.5. The molecule has 2 N–H and O–H groups in total. The Kier molecular flexibility index (Phi) is 10.2. The molecule has 3 saturated heterocycles. The Morgan fingerprint density at radius 1 is 0.780 bits per heavy atom. The second-order valence-corrected chi connectivity index (χ2v) is 16.1. The summed E-state index contributed by atoms with van der Waals surface area (Å²) in [5.41, 5.74) is 3.54. The molecule has 5 aliphatic rings. The van der Waals surface area contributed by atoms with Gasteiger partial charge in [0.2, 0.25) is 11.8 Å². The number of ether oxygens (including phenoxy) is 2. The van der Waals surface area contributed by atoms with Gasteiger partial charge in [-0.05, 0) is 78.8 Å². The van der Waals surface area contributed by atoms with Crippen molar-refractivity contribution in [2.75, 3.05) is 69.3 Å². The van der Waals surface area contributed by atoms with Crippen molar-refractivity contribution < 1.29 is 42.5 Å². The molecular weight excluding hydrogens is 761 g/mol. The van der Waals surface area contributed by atoms with E-state index in [-0.39, 0.29) is 53.1 Å². The zero-order chi connectivity index (χ0) is 40.9. The molecule has 9 rings (SSSR count). The minimum atomic E-state index is -1.11. The Bertz CT molecular complexity index is 2340. The van der Waals surface area contributed by atoms with Gasteiger partial charge in [0.1, 0.15) is 34.9 Å². The first-order valence-corrected chi connectivity index (χ1v) is 20.2. The zero-order valence-electron chi connectivity index (χ0n) is 32.7. The Labute approximate surface area is 340 Å².